The van der Waals surface area contributed by atoms with Gasteiger partial charge < -0.3 is 10.1 Å². The lowest BCUT2D eigenvalue weighted by molar-refractivity contribution is -0.142. The summed E-state index contributed by atoms with van der Waals surface area (Å²) in [7, 11) is 0. The molecule has 2 N–H and O–H groups in total. The molecular weight excluding hydrogens is 467 g/mol. The molecule has 0 amide bonds. The zero-order valence-corrected chi connectivity index (χ0v) is 19.9. The molecule has 7 heteroatoms. The zero-order valence-electron chi connectivity index (χ0n) is 18.3. The van der Waals surface area contributed by atoms with E-state index in [1.54, 1.807) is 17.8 Å². The fourth-order valence-electron chi connectivity index (χ4n) is 4.22. The van der Waals surface area contributed by atoms with Gasteiger partial charge in [-0.05, 0) is 40.8 Å². The number of H-pyrrole nitrogens is 1. The largest absolute Gasteiger partial charge is 0.479 e. The lowest BCUT2D eigenvalue weighted by Crippen LogP contribution is -2.39. The van der Waals surface area contributed by atoms with Gasteiger partial charge in [0.1, 0.15) is 5.82 Å². The number of halogens is 1. The number of hydrogen-bond donors (Lipinski definition) is 2. The summed E-state index contributed by atoms with van der Waals surface area (Å²) in [5.41, 5.74) is 2.59. The summed E-state index contributed by atoms with van der Waals surface area (Å²) in [6, 6.07) is 27.0. The zero-order chi connectivity index (χ0) is 23.5. The Hall–Kier alpha value is -3.03. The van der Waals surface area contributed by atoms with E-state index in [2.05, 4.69) is 29.2 Å². The number of benzene rings is 3. The van der Waals surface area contributed by atoms with Crippen molar-refractivity contribution in [3.63, 3.8) is 0 Å². The van der Waals surface area contributed by atoms with Crippen LogP contribution in [-0.2, 0) is 11.2 Å². The highest BCUT2D eigenvalue weighted by Crippen LogP contribution is 2.39. The number of thioether (sulfide) groups is 2. The number of carbonyl (C=O) groups is 1. The van der Waals surface area contributed by atoms with Crippen molar-refractivity contribution in [2.75, 3.05) is 11.5 Å². The van der Waals surface area contributed by atoms with Gasteiger partial charge in [-0.1, -0.05) is 60.7 Å². The SMILES string of the molecule is O=C(O)C1(Cc2cc3ccc(F)cc3[nH]2)CSC(CSC(c2ccccc2)c2ccccc2)=N1. The number of aromatic amines is 1. The molecular formula is C27H23FN2O2S2. The van der Waals surface area contributed by atoms with Crippen LogP contribution in [0.2, 0.25) is 0 Å². The molecule has 0 spiro atoms. The fraction of sp³-hybridized carbons (Fsp3) is 0.185. The van der Waals surface area contributed by atoms with E-state index in [0.29, 0.717) is 17.0 Å². The van der Waals surface area contributed by atoms with Crippen LogP contribution >= 0.6 is 23.5 Å². The summed E-state index contributed by atoms with van der Waals surface area (Å²) < 4.78 is 13.6. The molecule has 34 heavy (non-hydrogen) atoms. The second-order valence-electron chi connectivity index (χ2n) is 8.35. The topological polar surface area (TPSA) is 65.4 Å². The maximum absolute atomic E-state index is 13.6. The Morgan fingerprint density at radius 3 is 2.38 bits per heavy atom. The molecule has 0 saturated carbocycles. The Bertz CT molecular complexity index is 1300. The molecule has 1 unspecified atom stereocenters. The maximum atomic E-state index is 13.6. The summed E-state index contributed by atoms with van der Waals surface area (Å²) in [4.78, 5) is 20.2. The number of rotatable bonds is 8. The van der Waals surface area contributed by atoms with Gasteiger partial charge in [0.05, 0.1) is 10.3 Å². The summed E-state index contributed by atoms with van der Waals surface area (Å²) >= 11 is 3.27. The number of nitrogens with zero attached hydrogens (tertiary/aromatic N) is 1. The molecule has 4 nitrogen and oxygen atoms in total. The van der Waals surface area contributed by atoms with Gasteiger partial charge in [-0.3, -0.25) is 4.99 Å². The number of hydrogen-bond acceptors (Lipinski definition) is 4. The molecule has 1 aromatic heterocycles. The minimum absolute atomic E-state index is 0.133. The van der Waals surface area contributed by atoms with E-state index in [1.807, 2.05) is 42.5 Å². The monoisotopic (exact) mass is 490 g/mol. The molecule has 2 heterocycles. The molecule has 0 aliphatic carbocycles. The van der Waals surface area contributed by atoms with Gasteiger partial charge in [0.2, 0.25) is 0 Å². The molecule has 0 radical (unpaired) electrons. The highest BCUT2D eigenvalue weighted by molar-refractivity contribution is 8.16. The van der Waals surface area contributed by atoms with Crippen LogP contribution in [0, 0.1) is 5.82 Å². The van der Waals surface area contributed by atoms with Crippen molar-refractivity contribution < 1.29 is 14.3 Å². The van der Waals surface area contributed by atoms with Gasteiger partial charge in [0.25, 0.3) is 0 Å². The number of carboxylic acid groups (broad SMARTS) is 1. The first-order valence-corrected chi connectivity index (χ1v) is 13.0. The molecule has 4 aromatic rings. The van der Waals surface area contributed by atoms with Crippen LogP contribution in [0.3, 0.4) is 0 Å². The molecule has 0 bridgehead atoms. The first-order valence-electron chi connectivity index (χ1n) is 11.0. The summed E-state index contributed by atoms with van der Waals surface area (Å²) in [5.74, 6) is -0.253. The van der Waals surface area contributed by atoms with Crippen molar-refractivity contribution in [1.82, 2.24) is 4.98 Å². The summed E-state index contributed by atoms with van der Waals surface area (Å²) in [6.45, 7) is 0. The van der Waals surface area contributed by atoms with E-state index in [-0.39, 0.29) is 17.5 Å². The van der Waals surface area contributed by atoms with Crippen molar-refractivity contribution in [3.8, 4) is 0 Å². The second kappa shape index (κ2) is 9.68. The van der Waals surface area contributed by atoms with E-state index in [0.717, 1.165) is 16.1 Å². The highest BCUT2D eigenvalue weighted by Gasteiger charge is 2.43. The van der Waals surface area contributed by atoms with Crippen LogP contribution < -0.4 is 0 Å². The molecule has 0 saturated heterocycles. The summed E-state index contributed by atoms with van der Waals surface area (Å²) in [5, 5.41) is 11.9. The number of nitrogens with one attached hydrogen (secondary N) is 1. The summed E-state index contributed by atoms with van der Waals surface area (Å²) in [6.07, 6.45) is 0.237. The lowest BCUT2D eigenvalue weighted by Gasteiger charge is -2.19. The predicted octanol–water partition coefficient (Wildman–Crippen LogP) is 6.34. The van der Waals surface area contributed by atoms with Gasteiger partial charge in [-0.25, -0.2) is 9.18 Å². The third-order valence-corrected chi connectivity index (χ3v) is 8.61. The van der Waals surface area contributed by atoms with Gasteiger partial charge in [-0.2, -0.15) is 0 Å². The normalized spacial score (nSPS) is 17.9. The van der Waals surface area contributed by atoms with E-state index >= 15 is 0 Å². The number of aliphatic carboxylic acids is 1. The van der Waals surface area contributed by atoms with Crippen LogP contribution in [0.4, 0.5) is 4.39 Å². The Morgan fingerprint density at radius 2 is 1.74 bits per heavy atom. The van der Waals surface area contributed by atoms with E-state index in [1.165, 1.54) is 35.0 Å². The van der Waals surface area contributed by atoms with Gasteiger partial charge in [0, 0.05) is 29.1 Å². The standard InChI is InChI=1S/C27H23FN2O2S2/c28-21-12-11-20-13-22(29-23(20)14-21)15-27(26(31)32)17-34-24(30-27)16-33-25(18-7-3-1-4-8-18)19-9-5-2-6-10-19/h1-14,25,29H,15-17H2,(H,31,32). The van der Waals surface area contributed by atoms with E-state index < -0.39 is 11.5 Å². The Balaban J connectivity index is 1.36. The smallest absolute Gasteiger partial charge is 0.332 e. The van der Waals surface area contributed by atoms with Crippen LogP contribution in [0.5, 0.6) is 0 Å². The molecule has 0 fully saturated rings. The van der Waals surface area contributed by atoms with Crippen LogP contribution in [0.25, 0.3) is 10.9 Å². The van der Waals surface area contributed by atoms with E-state index in [4.69, 9.17) is 4.99 Å². The van der Waals surface area contributed by atoms with Crippen molar-refractivity contribution in [3.05, 3.63) is 108 Å². The molecule has 5 rings (SSSR count). The number of aliphatic imine (C=N–C) groups is 1. The minimum Gasteiger partial charge on any atom is -0.479 e. The molecule has 1 atom stereocenters. The van der Waals surface area contributed by atoms with Crippen LogP contribution in [-0.4, -0.2) is 38.1 Å². The minimum atomic E-state index is -1.23. The number of fused-ring (bicyclic) bond motifs is 1. The van der Waals surface area contributed by atoms with Gasteiger partial charge in [0.15, 0.2) is 5.54 Å². The second-order valence-corrected chi connectivity index (χ2v) is 10.5. The average Bonchev–Trinajstić information content (AvgIpc) is 3.44. The molecule has 172 valence electrons. The first kappa shape index (κ1) is 22.7. The fourth-order valence-corrected chi connectivity index (χ4v) is 6.77. The van der Waals surface area contributed by atoms with Gasteiger partial charge in [-0.15, -0.1) is 23.5 Å². The quantitative estimate of drug-likeness (QED) is 0.302. The Labute approximate surface area is 205 Å². The van der Waals surface area contributed by atoms with Crippen molar-refractivity contribution in [1.29, 1.82) is 0 Å². The molecule has 1 aliphatic rings. The lowest BCUT2D eigenvalue weighted by atomic mass is 9.96. The number of aromatic nitrogens is 1. The third-order valence-electron chi connectivity index (χ3n) is 5.92. The Kier molecular flexibility index (Phi) is 6.48. The van der Waals surface area contributed by atoms with E-state index in [9.17, 15) is 14.3 Å². The number of carboxylic acids is 1. The maximum Gasteiger partial charge on any atom is 0.332 e. The molecule has 1 aliphatic heterocycles. The average molecular weight is 491 g/mol. The van der Waals surface area contributed by atoms with Crippen molar-refractivity contribution in [2.45, 2.75) is 17.2 Å². The van der Waals surface area contributed by atoms with Crippen LogP contribution in [0.1, 0.15) is 22.1 Å². The van der Waals surface area contributed by atoms with Crippen molar-refractivity contribution in [2.24, 2.45) is 4.99 Å². The third kappa shape index (κ3) is 4.76. The van der Waals surface area contributed by atoms with Gasteiger partial charge >= 0.3 is 5.97 Å². The van der Waals surface area contributed by atoms with Crippen molar-refractivity contribution >= 4 is 45.4 Å². The Morgan fingerprint density at radius 1 is 1.06 bits per heavy atom. The molecule has 3 aromatic carbocycles. The predicted molar refractivity (Wildman–Crippen MR) is 139 cm³/mol. The first-order chi connectivity index (χ1) is 16.5. The van der Waals surface area contributed by atoms with Crippen LogP contribution in [0.15, 0.2) is 89.9 Å². The highest BCUT2D eigenvalue weighted by atomic mass is 32.2.